The highest BCUT2D eigenvalue weighted by molar-refractivity contribution is 7.25. The van der Waals surface area contributed by atoms with Gasteiger partial charge >= 0.3 is 0 Å². The van der Waals surface area contributed by atoms with Gasteiger partial charge in [0.1, 0.15) is 11.5 Å². The molecule has 1 aliphatic carbocycles. The third-order valence-electron chi connectivity index (χ3n) is 12.7. The van der Waals surface area contributed by atoms with Gasteiger partial charge in [0, 0.05) is 31.8 Å². The molecule has 3 atom stereocenters. The molecule has 0 spiro atoms. The molecule has 1 saturated carbocycles. The summed E-state index contributed by atoms with van der Waals surface area (Å²) in [6.07, 6.45) is 4.40. The van der Waals surface area contributed by atoms with Crippen LogP contribution in [0.3, 0.4) is 0 Å². The van der Waals surface area contributed by atoms with E-state index in [2.05, 4.69) is 213 Å². The van der Waals surface area contributed by atoms with E-state index in [1.807, 2.05) is 11.3 Å². The molecular weight excluding hydrogens is 747 g/mol. The van der Waals surface area contributed by atoms with Crippen LogP contribution in [0.15, 0.2) is 211 Å². The van der Waals surface area contributed by atoms with Crippen LogP contribution >= 0.6 is 11.3 Å². The van der Waals surface area contributed by atoms with Crippen LogP contribution in [0.2, 0.25) is 0 Å². The van der Waals surface area contributed by atoms with E-state index >= 15 is 0 Å². The maximum Gasteiger partial charge on any atom is 0.127 e. The Hall–Kier alpha value is -6.81. The molecule has 3 unspecified atom stereocenters. The quantitative estimate of drug-likeness (QED) is 0.150. The van der Waals surface area contributed by atoms with Gasteiger partial charge in [0.15, 0.2) is 0 Å². The maximum atomic E-state index is 6.36. The van der Waals surface area contributed by atoms with Gasteiger partial charge in [-0.15, -0.1) is 11.3 Å². The number of fused-ring (bicyclic) bond motifs is 4. The largest absolute Gasteiger partial charge is 0.457 e. The van der Waals surface area contributed by atoms with Crippen LogP contribution in [0.4, 0.5) is 0 Å². The van der Waals surface area contributed by atoms with Crippen molar-refractivity contribution in [3.8, 4) is 44.9 Å². The third kappa shape index (κ3) is 6.56. The summed E-state index contributed by atoms with van der Waals surface area (Å²) in [6, 6.07) is 72.0. The van der Waals surface area contributed by atoms with E-state index in [-0.39, 0.29) is 5.54 Å². The molecule has 2 heterocycles. The maximum absolute atomic E-state index is 6.36. The Balaban J connectivity index is 0.818. The molecule has 1 fully saturated rings. The van der Waals surface area contributed by atoms with E-state index in [9.17, 15) is 0 Å². The molecule has 0 radical (unpaired) electrons. The average Bonchev–Trinajstić information content (AvgIpc) is 3.69. The fourth-order valence-electron chi connectivity index (χ4n) is 9.53. The van der Waals surface area contributed by atoms with Crippen molar-refractivity contribution < 1.29 is 4.74 Å². The molecule has 60 heavy (non-hydrogen) atoms. The minimum Gasteiger partial charge on any atom is -0.457 e. The molecule has 1 aliphatic heterocycles. The second-order valence-electron chi connectivity index (χ2n) is 16.2. The van der Waals surface area contributed by atoms with Crippen molar-refractivity contribution in [3.63, 3.8) is 0 Å². The van der Waals surface area contributed by atoms with Crippen LogP contribution in [0.25, 0.3) is 59.1 Å². The summed E-state index contributed by atoms with van der Waals surface area (Å²) >= 11 is 1.85. The minimum absolute atomic E-state index is 0.295. The molecule has 8 aromatic carbocycles. The van der Waals surface area contributed by atoms with Crippen molar-refractivity contribution in [3.05, 3.63) is 223 Å². The minimum atomic E-state index is -0.295. The predicted molar refractivity (Wildman–Crippen MR) is 253 cm³/mol. The first-order valence-electron chi connectivity index (χ1n) is 21.0. The molecule has 9 aromatic rings. The summed E-state index contributed by atoms with van der Waals surface area (Å²) in [7, 11) is 0. The number of ether oxygens (including phenoxy) is 1. The lowest BCUT2D eigenvalue weighted by Gasteiger charge is -2.21. The predicted octanol–water partition coefficient (Wildman–Crippen LogP) is 15.7. The lowest BCUT2D eigenvalue weighted by molar-refractivity contribution is 0.483. The summed E-state index contributed by atoms with van der Waals surface area (Å²) < 4.78 is 8.97. The van der Waals surface area contributed by atoms with E-state index in [0.29, 0.717) is 11.8 Å². The normalized spacial score (nSPS) is 19.4. The van der Waals surface area contributed by atoms with Gasteiger partial charge in [-0.1, -0.05) is 165 Å². The summed E-state index contributed by atoms with van der Waals surface area (Å²) in [4.78, 5) is 5.71. The second-order valence-corrected chi connectivity index (χ2v) is 17.3. The zero-order valence-corrected chi connectivity index (χ0v) is 34.3. The Morgan fingerprint density at radius 3 is 1.48 bits per heavy atom. The van der Waals surface area contributed by atoms with Crippen LogP contribution < -0.4 is 4.74 Å². The van der Waals surface area contributed by atoms with Crippen molar-refractivity contribution >= 4 is 42.8 Å². The van der Waals surface area contributed by atoms with Crippen molar-refractivity contribution in [1.82, 2.24) is 0 Å². The van der Waals surface area contributed by atoms with Gasteiger partial charge in [-0.2, -0.15) is 0 Å². The highest BCUT2D eigenvalue weighted by Crippen LogP contribution is 2.66. The molecular formula is C57H43NOS. The number of aliphatic imine (C=N–C) groups is 1. The van der Waals surface area contributed by atoms with Crippen LogP contribution in [-0.2, 0) is 5.54 Å². The van der Waals surface area contributed by atoms with Gasteiger partial charge in [0.25, 0.3) is 0 Å². The number of hydrogen-bond acceptors (Lipinski definition) is 3. The smallest absolute Gasteiger partial charge is 0.127 e. The number of hydrogen-bond donors (Lipinski definition) is 0. The van der Waals surface area contributed by atoms with Crippen molar-refractivity contribution in [1.29, 1.82) is 0 Å². The number of benzene rings is 8. The molecule has 0 saturated heterocycles. The van der Waals surface area contributed by atoms with E-state index in [1.54, 1.807) is 0 Å². The zero-order chi connectivity index (χ0) is 40.0. The second kappa shape index (κ2) is 15.1. The van der Waals surface area contributed by atoms with Gasteiger partial charge in [0.05, 0.1) is 5.54 Å². The first-order chi connectivity index (χ1) is 29.6. The summed E-state index contributed by atoms with van der Waals surface area (Å²) in [6.45, 7) is 2.38. The molecule has 2 nitrogen and oxygen atoms in total. The Morgan fingerprint density at radius 1 is 0.483 bits per heavy atom. The van der Waals surface area contributed by atoms with E-state index in [4.69, 9.17) is 9.73 Å². The summed E-state index contributed by atoms with van der Waals surface area (Å²) in [5.74, 6) is 2.34. The van der Waals surface area contributed by atoms with Crippen molar-refractivity contribution in [2.24, 2.45) is 16.8 Å². The third-order valence-corrected chi connectivity index (χ3v) is 13.9. The molecule has 288 valence electrons. The van der Waals surface area contributed by atoms with Crippen molar-refractivity contribution in [2.75, 3.05) is 0 Å². The first kappa shape index (κ1) is 36.3. The standard InChI is InChI=1S/C57H43NOS/c1-38-56-50(43-14-7-3-8-15-43)18-11-19-53(44-16-9-4-10-17-44)58-57(38,56)47-28-20-40(21-29-47)41-22-30-48(31-23-41)59-49-32-24-42(25-33-49)46-27-35-55-52(37-46)51-36-45(26-34-54(51)60-55)39-12-5-2-6-13-39/h2-10,12-18,20-38,56H,11,19H2,1H3/b50-18-,58-53?. The van der Waals surface area contributed by atoms with Gasteiger partial charge in [-0.25, -0.2) is 0 Å². The Morgan fingerprint density at radius 2 is 0.933 bits per heavy atom. The number of thiophene rings is 1. The Bertz CT molecular complexity index is 3040. The summed E-state index contributed by atoms with van der Waals surface area (Å²) in [5.41, 5.74) is 13.4. The fourth-order valence-corrected chi connectivity index (χ4v) is 10.6. The molecule has 0 N–H and O–H groups in total. The molecule has 11 rings (SSSR count). The number of allylic oxidation sites excluding steroid dienone is 1. The Kier molecular flexibility index (Phi) is 9.13. The van der Waals surface area contributed by atoms with E-state index in [0.717, 1.165) is 29.9 Å². The van der Waals surface area contributed by atoms with E-state index < -0.39 is 0 Å². The number of nitrogens with zero attached hydrogens (tertiary/aromatic N) is 1. The zero-order valence-electron chi connectivity index (χ0n) is 33.5. The molecule has 2 aliphatic rings. The average molecular weight is 790 g/mol. The van der Waals surface area contributed by atoms with Crippen LogP contribution in [0.1, 0.15) is 36.5 Å². The van der Waals surface area contributed by atoms with Crippen molar-refractivity contribution in [2.45, 2.75) is 25.3 Å². The monoisotopic (exact) mass is 789 g/mol. The van der Waals surface area contributed by atoms with Gasteiger partial charge < -0.3 is 4.74 Å². The molecule has 0 bridgehead atoms. The van der Waals surface area contributed by atoms with Crippen LogP contribution in [-0.4, -0.2) is 5.71 Å². The highest BCUT2D eigenvalue weighted by Gasteiger charge is 2.65. The van der Waals surface area contributed by atoms with Crippen LogP contribution in [0.5, 0.6) is 11.5 Å². The SMILES string of the molecule is CC1C2/C(c3ccccc3)=C\CCC(c3ccccc3)=NC12c1ccc(-c2ccc(Oc3ccc(-c4ccc5sc6ccc(-c7ccccc7)cc6c5c4)cc3)cc2)cc1. The van der Waals surface area contributed by atoms with Gasteiger partial charge in [0.2, 0.25) is 0 Å². The van der Waals surface area contributed by atoms with Crippen LogP contribution in [0, 0.1) is 11.8 Å². The Labute approximate surface area is 355 Å². The van der Waals surface area contributed by atoms with Gasteiger partial charge in [-0.05, 0) is 123 Å². The highest BCUT2D eigenvalue weighted by atomic mass is 32.1. The summed E-state index contributed by atoms with van der Waals surface area (Å²) in [5, 5.41) is 2.60. The van der Waals surface area contributed by atoms with Gasteiger partial charge in [-0.3, -0.25) is 4.99 Å². The number of rotatable bonds is 8. The lowest BCUT2D eigenvalue weighted by atomic mass is 9.90. The first-order valence-corrected chi connectivity index (χ1v) is 21.8. The lowest BCUT2D eigenvalue weighted by Crippen LogP contribution is -2.16. The molecule has 0 amide bonds. The fraction of sp³-hybridized carbons (Fsp3) is 0.105. The van der Waals surface area contributed by atoms with E-state index in [1.165, 1.54) is 76.0 Å². The molecule has 1 aromatic heterocycles. The topological polar surface area (TPSA) is 21.6 Å². The molecule has 3 heteroatoms.